The van der Waals surface area contributed by atoms with Crippen LogP contribution in [0.3, 0.4) is 0 Å². The SMILES string of the molecule is Cc1c(S)cc(F)cc1Cl. The molecule has 0 aliphatic rings. The van der Waals surface area contributed by atoms with E-state index in [1.807, 2.05) is 0 Å². The van der Waals surface area contributed by atoms with Crippen LogP contribution in [0.5, 0.6) is 0 Å². The molecule has 0 unspecified atom stereocenters. The Kier molecular flexibility index (Phi) is 2.21. The normalized spacial score (nSPS) is 10.0. The average molecular weight is 177 g/mol. The van der Waals surface area contributed by atoms with E-state index in [2.05, 4.69) is 12.6 Å². The molecule has 0 aromatic heterocycles. The summed E-state index contributed by atoms with van der Waals surface area (Å²) < 4.78 is 12.5. The molecule has 0 aliphatic heterocycles. The summed E-state index contributed by atoms with van der Waals surface area (Å²) in [4.78, 5) is 0.588. The van der Waals surface area contributed by atoms with Crippen LogP contribution in [0.15, 0.2) is 17.0 Å². The number of thiol groups is 1. The number of hydrogen-bond donors (Lipinski definition) is 1. The lowest BCUT2D eigenvalue weighted by atomic mass is 10.2. The Labute approximate surface area is 69.4 Å². The van der Waals surface area contributed by atoms with Gasteiger partial charge in [-0.05, 0) is 24.6 Å². The lowest BCUT2D eigenvalue weighted by molar-refractivity contribution is 0.623. The maximum atomic E-state index is 12.5. The van der Waals surface area contributed by atoms with E-state index in [1.54, 1.807) is 6.92 Å². The van der Waals surface area contributed by atoms with Gasteiger partial charge in [0.2, 0.25) is 0 Å². The highest BCUT2D eigenvalue weighted by atomic mass is 35.5. The van der Waals surface area contributed by atoms with Crippen LogP contribution in [0, 0.1) is 12.7 Å². The first-order valence-electron chi connectivity index (χ1n) is 2.76. The Hall–Kier alpha value is -0.210. The first-order valence-corrected chi connectivity index (χ1v) is 3.58. The molecule has 0 saturated carbocycles. The van der Waals surface area contributed by atoms with Crippen LogP contribution >= 0.6 is 24.2 Å². The number of rotatable bonds is 0. The minimum absolute atomic E-state index is 0.347. The molecule has 1 rings (SSSR count). The monoisotopic (exact) mass is 176 g/mol. The van der Waals surface area contributed by atoms with E-state index in [9.17, 15) is 4.39 Å². The molecule has 54 valence electrons. The van der Waals surface area contributed by atoms with E-state index in [4.69, 9.17) is 11.6 Å². The second kappa shape index (κ2) is 2.81. The van der Waals surface area contributed by atoms with Gasteiger partial charge < -0.3 is 0 Å². The van der Waals surface area contributed by atoms with Gasteiger partial charge in [0.25, 0.3) is 0 Å². The van der Waals surface area contributed by atoms with Crippen LogP contribution in [0.2, 0.25) is 5.02 Å². The van der Waals surface area contributed by atoms with Crippen LogP contribution in [0.1, 0.15) is 5.56 Å². The van der Waals surface area contributed by atoms with E-state index in [0.29, 0.717) is 9.92 Å². The molecule has 0 amide bonds. The van der Waals surface area contributed by atoms with Gasteiger partial charge in [-0.3, -0.25) is 0 Å². The zero-order valence-electron chi connectivity index (χ0n) is 5.36. The smallest absolute Gasteiger partial charge is 0.125 e. The van der Waals surface area contributed by atoms with Crippen LogP contribution in [0.25, 0.3) is 0 Å². The molecule has 1 aromatic carbocycles. The highest BCUT2D eigenvalue weighted by Crippen LogP contribution is 2.22. The molecular weight excluding hydrogens is 171 g/mol. The fourth-order valence-electron chi connectivity index (χ4n) is 0.632. The standard InChI is InChI=1S/C7H6ClFS/c1-4-6(8)2-5(9)3-7(4)10/h2-3,10H,1H3. The quantitative estimate of drug-likeness (QED) is 0.577. The highest BCUT2D eigenvalue weighted by molar-refractivity contribution is 7.80. The lowest BCUT2D eigenvalue weighted by Gasteiger charge is -2.00. The van der Waals surface area contributed by atoms with Crippen molar-refractivity contribution in [2.24, 2.45) is 0 Å². The van der Waals surface area contributed by atoms with Crippen LogP contribution < -0.4 is 0 Å². The van der Waals surface area contributed by atoms with Gasteiger partial charge in [0.1, 0.15) is 5.82 Å². The summed E-state index contributed by atoms with van der Waals surface area (Å²) in [5.41, 5.74) is 0.811. The molecule has 10 heavy (non-hydrogen) atoms. The van der Waals surface area contributed by atoms with Crippen molar-refractivity contribution < 1.29 is 4.39 Å². The van der Waals surface area contributed by atoms with Gasteiger partial charge in [-0.25, -0.2) is 4.39 Å². The van der Waals surface area contributed by atoms with E-state index >= 15 is 0 Å². The maximum absolute atomic E-state index is 12.5. The van der Waals surface area contributed by atoms with Gasteiger partial charge >= 0.3 is 0 Å². The molecule has 0 fully saturated rings. The van der Waals surface area contributed by atoms with Crippen molar-refractivity contribution in [3.05, 3.63) is 28.5 Å². The van der Waals surface area contributed by atoms with Crippen molar-refractivity contribution in [1.82, 2.24) is 0 Å². The minimum Gasteiger partial charge on any atom is -0.207 e. The second-order valence-corrected chi connectivity index (χ2v) is 2.92. The van der Waals surface area contributed by atoms with Gasteiger partial charge in [-0.1, -0.05) is 11.6 Å². The van der Waals surface area contributed by atoms with Crippen LogP contribution in [-0.4, -0.2) is 0 Å². The molecule has 0 spiro atoms. The summed E-state index contributed by atoms with van der Waals surface area (Å²) in [5.74, 6) is -0.347. The van der Waals surface area contributed by atoms with Gasteiger partial charge in [-0.15, -0.1) is 12.6 Å². The summed E-state index contributed by atoms with van der Waals surface area (Å²) >= 11 is 9.64. The number of halogens is 2. The van der Waals surface area contributed by atoms with Crippen LogP contribution in [-0.2, 0) is 0 Å². The molecule has 1 aromatic rings. The van der Waals surface area contributed by atoms with E-state index in [-0.39, 0.29) is 5.82 Å². The lowest BCUT2D eigenvalue weighted by Crippen LogP contribution is -1.81. The van der Waals surface area contributed by atoms with Gasteiger partial charge in [0.05, 0.1) is 0 Å². The molecule has 0 N–H and O–H groups in total. The number of hydrogen-bond acceptors (Lipinski definition) is 1. The maximum Gasteiger partial charge on any atom is 0.125 e. The molecule has 0 heterocycles. The fraction of sp³-hybridized carbons (Fsp3) is 0.143. The molecule has 0 radical (unpaired) electrons. The summed E-state index contributed by atoms with van der Waals surface area (Å²) in [6, 6.07) is 2.61. The summed E-state index contributed by atoms with van der Waals surface area (Å²) in [5, 5.41) is 0.421. The van der Waals surface area contributed by atoms with Crippen molar-refractivity contribution in [3.63, 3.8) is 0 Å². The number of benzene rings is 1. The Morgan fingerprint density at radius 2 is 2.10 bits per heavy atom. The molecular formula is C7H6ClFS. The van der Waals surface area contributed by atoms with Gasteiger partial charge in [0, 0.05) is 9.92 Å². The third-order valence-corrected chi connectivity index (χ3v) is 2.14. The zero-order chi connectivity index (χ0) is 7.72. The predicted octanol–water partition coefficient (Wildman–Crippen LogP) is 3.08. The topological polar surface area (TPSA) is 0 Å². The van der Waals surface area contributed by atoms with E-state index in [1.165, 1.54) is 12.1 Å². The third-order valence-electron chi connectivity index (χ3n) is 1.28. The Bertz CT molecular complexity index is 237. The van der Waals surface area contributed by atoms with E-state index in [0.717, 1.165) is 5.56 Å². The Morgan fingerprint density at radius 1 is 1.50 bits per heavy atom. The second-order valence-electron chi connectivity index (χ2n) is 2.03. The fourth-order valence-corrected chi connectivity index (χ4v) is 1.15. The Morgan fingerprint density at radius 3 is 2.60 bits per heavy atom. The minimum atomic E-state index is -0.347. The first kappa shape index (κ1) is 7.89. The van der Waals surface area contributed by atoms with Gasteiger partial charge in [-0.2, -0.15) is 0 Å². The van der Waals surface area contributed by atoms with E-state index < -0.39 is 0 Å². The van der Waals surface area contributed by atoms with Crippen molar-refractivity contribution in [1.29, 1.82) is 0 Å². The Balaban J connectivity index is 3.31. The average Bonchev–Trinajstić information content (AvgIpc) is 1.82. The van der Waals surface area contributed by atoms with Crippen molar-refractivity contribution in [3.8, 4) is 0 Å². The molecule has 0 saturated heterocycles. The van der Waals surface area contributed by atoms with Crippen LogP contribution in [0.4, 0.5) is 4.39 Å². The summed E-state index contributed by atoms with van der Waals surface area (Å²) in [6.07, 6.45) is 0. The molecule has 0 atom stereocenters. The van der Waals surface area contributed by atoms with Gasteiger partial charge in [0.15, 0.2) is 0 Å². The predicted molar refractivity (Wildman–Crippen MR) is 43.4 cm³/mol. The molecule has 3 heteroatoms. The molecule has 0 aliphatic carbocycles. The zero-order valence-corrected chi connectivity index (χ0v) is 7.01. The molecule has 0 bridgehead atoms. The third kappa shape index (κ3) is 1.44. The first-order chi connectivity index (χ1) is 4.61. The van der Waals surface area contributed by atoms with Crippen molar-refractivity contribution >= 4 is 24.2 Å². The van der Waals surface area contributed by atoms with Crippen molar-refractivity contribution in [2.75, 3.05) is 0 Å². The summed E-state index contributed by atoms with van der Waals surface area (Å²) in [7, 11) is 0. The largest absolute Gasteiger partial charge is 0.207 e. The highest BCUT2D eigenvalue weighted by Gasteiger charge is 2.00. The summed E-state index contributed by atoms with van der Waals surface area (Å²) in [6.45, 7) is 1.80. The molecule has 0 nitrogen and oxygen atoms in total. The van der Waals surface area contributed by atoms with Crippen molar-refractivity contribution in [2.45, 2.75) is 11.8 Å².